The van der Waals surface area contributed by atoms with Gasteiger partial charge >= 0.3 is 0 Å². The second-order valence-corrected chi connectivity index (χ2v) is 6.57. The van der Waals surface area contributed by atoms with E-state index in [2.05, 4.69) is 31.9 Å². The molecule has 0 spiro atoms. The average molecular weight is 400 g/mol. The van der Waals surface area contributed by atoms with Gasteiger partial charge in [0.15, 0.2) is 0 Å². The van der Waals surface area contributed by atoms with E-state index in [0.29, 0.717) is 0 Å². The number of hydrogen-bond donors (Lipinski definition) is 1. The molecule has 0 heterocycles. The lowest BCUT2D eigenvalue weighted by atomic mass is 10.0. The van der Waals surface area contributed by atoms with Gasteiger partial charge in [0.1, 0.15) is 11.9 Å². The van der Waals surface area contributed by atoms with Crippen molar-refractivity contribution in [3.05, 3.63) is 62.5 Å². The predicted octanol–water partition coefficient (Wildman–Crippen LogP) is 5.08. The van der Waals surface area contributed by atoms with Crippen molar-refractivity contribution < 1.29 is 9.84 Å². The molecule has 0 aliphatic carbocycles. The van der Waals surface area contributed by atoms with E-state index < -0.39 is 6.10 Å². The lowest BCUT2D eigenvalue weighted by Gasteiger charge is -2.15. The van der Waals surface area contributed by atoms with Crippen LogP contribution in [0.2, 0.25) is 0 Å². The molecule has 2 aromatic rings. The molecule has 0 bridgehead atoms. The highest BCUT2D eigenvalue weighted by Gasteiger charge is 2.14. The van der Waals surface area contributed by atoms with Crippen LogP contribution in [0.4, 0.5) is 0 Å². The van der Waals surface area contributed by atoms with Gasteiger partial charge in [0, 0.05) is 14.5 Å². The zero-order chi connectivity index (χ0) is 14.7. The molecule has 0 saturated carbocycles. The minimum atomic E-state index is -0.671. The fraction of sp³-hybridized carbons (Fsp3) is 0.250. The van der Waals surface area contributed by atoms with Crippen molar-refractivity contribution >= 4 is 31.9 Å². The zero-order valence-corrected chi connectivity index (χ0v) is 14.5. The largest absolute Gasteiger partial charge is 0.491 e. The standard InChI is InChI=1S/C16H16Br2O2/c1-10(2)20-13-6-3-11(4-7-13)16(19)14-9-12(17)5-8-15(14)18/h3-10,16,19H,1-2H3. The van der Waals surface area contributed by atoms with Gasteiger partial charge < -0.3 is 9.84 Å². The first kappa shape index (κ1) is 15.5. The van der Waals surface area contributed by atoms with Crippen LogP contribution in [0, 0.1) is 0 Å². The normalized spacial score (nSPS) is 12.5. The summed E-state index contributed by atoms with van der Waals surface area (Å²) < 4.78 is 7.42. The molecule has 20 heavy (non-hydrogen) atoms. The highest BCUT2D eigenvalue weighted by molar-refractivity contribution is 9.11. The number of benzene rings is 2. The number of halogens is 2. The van der Waals surface area contributed by atoms with Crippen molar-refractivity contribution in [1.29, 1.82) is 0 Å². The Bertz CT molecular complexity index is 580. The van der Waals surface area contributed by atoms with Gasteiger partial charge in [0.05, 0.1) is 6.10 Å². The second-order valence-electron chi connectivity index (χ2n) is 4.80. The molecule has 2 nitrogen and oxygen atoms in total. The SMILES string of the molecule is CC(C)Oc1ccc(C(O)c2cc(Br)ccc2Br)cc1. The Labute approximate surface area is 136 Å². The van der Waals surface area contributed by atoms with Gasteiger partial charge in [-0.05, 0) is 49.7 Å². The van der Waals surface area contributed by atoms with E-state index >= 15 is 0 Å². The zero-order valence-electron chi connectivity index (χ0n) is 11.3. The quantitative estimate of drug-likeness (QED) is 0.776. The van der Waals surface area contributed by atoms with Crippen LogP contribution in [-0.4, -0.2) is 11.2 Å². The van der Waals surface area contributed by atoms with Crippen LogP contribution < -0.4 is 4.74 Å². The maximum atomic E-state index is 10.5. The predicted molar refractivity (Wildman–Crippen MR) is 88.1 cm³/mol. The van der Waals surface area contributed by atoms with Crippen LogP contribution in [0.15, 0.2) is 51.4 Å². The fourth-order valence-corrected chi connectivity index (χ4v) is 2.75. The second kappa shape index (κ2) is 6.74. The molecular weight excluding hydrogens is 384 g/mol. The molecule has 0 radical (unpaired) electrons. The molecule has 0 saturated heterocycles. The summed E-state index contributed by atoms with van der Waals surface area (Å²) in [6, 6.07) is 13.3. The Morgan fingerprint density at radius 1 is 1.00 bits per heavy atom. The third-order valence-corrected chi connectivity index (χ3v) is 4.04. The van der Waals surface area contributed by atoms with E-state index in [1.807, 2.05) is 56.3 Å². The Morgan fingerprint density at radius 2 is 1.65 bits per heavy atom. The average Bonchev–Trinajstić information content (AvgIpc) is 2.41. The van der Waals surface area contributed by atoms with Crippen molar-refractivity contribution in [3.8, 4) is 5.75 Å². The van der Waals surface area contributed by atoms with Gasteiger partial charge in [0.2, 0.25) is 0 Å². The highest BCUT2D eigenvalue weighted by Crippen LogP contribution is 2.31. The number of hydrogen-bond acceptors (Lipinski definition) is 2. The number of aliphatic hydroxyl groups excluding tert-OH is 1. The van der Waals surface area contributed by atoms with E-state index in [0.717, 1.165) is 25.8 Å². The van der Waals surface area contributed by atoms with Crippen LogP contribution in [0.5, 0.6) is 5.75 Å². The number of ether oxygens (including phenoxy) is 1. The number of rotatable bonds is 4. The molecule has 0 aliphatic heterocycles. The van der Waals surface area contributed by atoms with Crippen LogP contribution in [0.25, 0.3) is 0 Å². The Balaban J connectivity index is 2.24. The summed E-state index contributed by atoms with van der Waals surface area (Å²) in [7, 11) is 0. The van der Waals surface area contributed by atoms with Crippen LogP contribution in [0.1, 0.15) is 31.1 Å². The Kier molecular flexibility index (Phi) is 5.24. The molecule has 0 aromatic heterocycles. The van der Waals surface area contributed by atoms with Gasteiger partial charge in [0.25, 0.3) is 0 Å². The molecule has 0 fully saturated rings. The molecule has 0 amide bonds. The Morgan fingerprint density at radius 3 is 2.25 bits per heavy atom. The summed E-state index contributed by atoms with van der Waals surface area (Å²) in [5.74, 6) is 0.809. The lowest BCUT2D eigenvalue weighted by molar-refractivity contribution is 0.218. The van der Waals surface area contributed by atoms with E-state index in [4.69, 9.17) is 4.74 Å². The monoisotopic (exact) mass is 398 g/mol. The molecule has 1 unspecified atom stereocenters. The molecular formula is C16H16Br2O2. The molecule has 2 aromatic carbocycles. The van der Waals surface area contributed by atoms with E-state index in [9.17, 15) is 5.11 Å². The summed E-state index contributed by atoms with van der Waals surface area (Å²) >= 11 is 6.89. The molecule has 4 heteroatoms. The highest BCUT2D eigenvalue weighted by atomic mass is 79.9. The van der Waals surface area contributed by atoms with Gasteiger partial charge in [-0.1, -0.05) is 44.0 Å². The van der Waals surface area contributed by atoms with E-state index in [1.54, 1.807) is 0 Å². The van der Waals surface area contributed by atoms with E-state index in [-0.39, 0.29) is 6.10 Å². The Hall–Kier alpha value is -0.840. The first-order chi connectivity index (χ1) is 9.47. The third kappa shape index (κ3) is 3.84. The first-order valence-electron chi connectivity index (χ1n) is 6.37. The topological polar surface area (TPSA) is 29.5 Å². The van der Waals surface area contributed by atoms with E-state index in [1.165, 1.54) is 0 Å². The lowest BCUT2D eigenvalue weighted by Crippen LogP contribution is -2.06. The third-order valence-electron chi connectivity index (χ3n) is 2.82. The molecule has 1 atom stereocenters. The van der Waals surface area contributed by atoms with Crippen molar-refractivity contribution in [1.82, 2.24) is 0 Å². The van der Waals surface area contributed by atoms with Gasteiger partial charge in [-0.15, -0.1) is 0 Å². The molecule has 106 valence electrons. The van der Waals surface area contributed by atoms with Crippen molar-refractivity contribution in [2.24, 2.45) is 0 Å². The van der Waals surface area contributed by atoms with Gasteiger partial charge in [-0.2, -0.15) is 0 Å². The van der Waals surface area contributed by atoms with Crippen LogP contribution in [-0.2, 0) is 0 Å². The minimum absolute atomic E-state index is 0.144. The summed E-state index contributed by atoms with van der Waals surface area (Å²) in [6.07, 6.45) is -0.528. The van der Waals surface area contributed by atoms with Crippen molar-refractivity contribution in [2.45, 2.75) is 26.1 Å². The maximum absolute atomic E-state index is 10.5. The summed E-state index contributed by atoms with van der Waals surface area (Å²) in [5.41, 5.74) is 1.66. The summed E-state index contributed by atoms with van der Waals surface area (Å²) in [6.45, 7) is 3.97. The van der Waals surface area contributed by atoms with Gasteiger partial charge in [-0.3, -0.25) is 0 Å². The molecule has 1 N–H and O–H groups in total. The molecule has 2 rings (SSSR count). The van der Waals surface area contributed by atoms with Crippen molar-refractivity contribution in [2.75, 3.05) is 0 Å². The van der Waals surface area contributed by atoms with Crippen molar-refractivity contribution in [3.63, 3.8) is 0 Å². The van der Waals surface area contributed by atoms with Crippen LogP contribution in [0.3, 0.4) is 0 Å². The number of aliphatic hydroxyl groups is 1. The van der Waals surface area contributed by atoms with Gasteiger partial charge in [-0.25, -0.2) is 0 Å². The summed E-state index contributed by atoms with van der Waals surface area (Å²) in [4.78, 5) is 0. The first-order valence-corrected chi connectivity index (χ1v) is 7.95. The molecule has 0 aliphatic rings. The fourth-order valence-electron chi connectivity index (χ4n) is 1.90. The van der Waals surface area contributed by atoms with Crippen LogP contribution >= 0.6 is 31.9 Å². The maximum Gasteiger partial charge on any atom is 0.119 e. The minimum Gasteiger partial charge on any atom is -0.491 e. The smallest absolute Gasteiger partial charge is 0.119 e. The summed E-state index contributed by atoms with van der Waals surface area (Å²) in [5, 5.41) is 10.5.